The van der Waals surface area contributed by atoms with Crippen LogP contribution in [0.5, 0.6) is 0 Å². The molecule has 0 bridgehead atoms. The van der Waals surface area contributed by atoms with Crippen LogP contribution in [0.2, 0.25) is 0 Å². The monoisotopic (exact) mass is 352 g/mol. The molecular weight excluding hydrogens is 340 g/mol. The standard InChI is InChI=1S/C13H13BrN4O3/c14-9-5-8(1-2-10(9)15)12(19)16-3-4-18-6-11(13(20)21)17-7-18/h1-2,5-7H,3-4,15H2,(H,16,19)(H,20,21). The van der Waals surface area contributed by atoms with Crippen molar-refractivity contribution >= 4 is 33.5 Å². The van der Waals surface area contributed by atoms with E-state index in [-0.39, 0.29) is 11.6 Å². The van der Waals surface area contributed by atoms with Crippen LogP contribution in [-0.4, -0.2) is 33.1 Å². The fraction of sp³-hybridized carbons (Fsp3) is 0.154. The molecule has 0 unspecified atom stereocenters. The van der Waals surface area contributed by atoms with E-state index in [0.717, 1.165) is 0 Å². The Morgan fingerprint density at radius 3 is 2.81 bits per heavy atom. The van der Waals surface area contributed by atoms with E-state index in [9.17, 15) is 9.59 Å². The number of rotatable bonds is 5. The number of anilines is 1. The zero-order valence-corrected chi connectivity index (χ0v) is 12.5. The van der Waals surface area contributed by atoms with Crippen molar-refractivity contribution in [3.8, 4) is 0 Å². The summed E-state index contributed by atoms with van der Waals surface area (Å²) in [6, 6.07) is 4.92. The summed E-state index contributed by atoms with van der Waals surface area (Å²) in [6.07, 6.45) is 2.82. The number of aromatic carboxylic acids is 1. The lowest BCUT2D eigenvalue weighted by Crippen LogP contribution is -2.27. The number of carboxylic acids is 1. The second-order valence-electron chi connectivity index (χ2n) is 4.29. The minimum absolute atomic E-state index is 0.0243. The summed E-state index contributed by atoms with van der Waals surface area (Å²) in [5, 5.41) is 11.5. The quantitative estimate of drug-likeness (QED) is 0.703. The number of benzene rings is 1. The Balaban J connectivity index is 1.88. The van der Waals surface area contributed by atoms with Gasteiger partial charge in [-0.3, -0.25) is 4.79 Å². The van der Waals surface area contributed by atoms with Gasteiger partial charge in [0.05, 0.1) is 6.33 Å². The van der Waals surface area contributed by atoms with E-state index >= 15 is 0 Å². The number of carboxylic acid groups (broad SMARTS) is 1. The molecule has 0 saturated heterocycles. The highest BCUT2D eigenvalue weighted by Crippen LogP contribution is 2.20. The fourth-order valence-electron chi connectivity index (χ4n) is 1.66. The summed E-state index contributed by atoms with van der Waals surface area (Å²) in [7, 11) is 0. The second-order valence-corrected chi connectivity index (χ2v) is 5.15. The molecule has 8 heteroatoms. The van der Waals surface area contributed by atoms with Crippen LogP contribution < -0.4 is 11.1 Å². The number of nitrogens with one attached hydrogen (secondary N) is 1. The average Bonchev–Trinajstić information content (AvgIpc) is 2.91. The third-order valence-corrected chi connectivity index (χ3v) is 3.46. The Morgan fingerprint density at radius 1 is 1.43 bits per heavy atom. The Hall–Kier alpha value is -2.35. The average molecular weight is 353 g/mol. The summed E-state index contributed by atoms with van der Waals surface area (Å²) in [5.74, 6) is -1.31. The first-order valence-corrected chi connectivity index (χ1v) is 6.85. The van der Waals surface area contributed by atoms with Crippen molar-refractivity contribution in [2.45, 2.75) is 6.54 Å². The van der Waals surface area contributed by atoms with E-state index in [1.54, 1.807) is 22.8 Å². The maximum absolute atomic E-state index is 11.9. The molecule has 1 aromatic heterocycles. The van der Waals surface area contributed by atoms with Gasteiger partial charge in [-0.2, -0.15) is 0 Å². The van der Waals surface area contributed by atoms with Crippen molar-refractivity contribution in [1.82, 2.24) is 14.9 Å². The van der Waals surface area contributed by atoms with E-state index in [4.69, 9.17) is 10.8 Å². The molecular formula is C13H13BrN4O3. The molecule has 21 heavy (non-hydrogen) atoms. The maximum Gasteiger partial charge on any atom is 0.356 e. The third kappa shape index (κ3) is 3.82. The van der Waals surface area contributed by atoms with E-state index in [1.807, 2.05) is 0 Å². The fourth-order valence-corrected chi connectivity index (χ4v) is 2.04. The van der Waals surface area contributed by atoms with Gasteiger partial charge in [0.1, 0.15) is 0 Å². The Labute approximate surface area is 128 Å². The first kappa shape index (κ1) is 15.0. The summed E-state index contributed by atoms with van der Waals surface area (Å²) < 4.78 is 2.26. The van der Waals surface area contributed by atoms with Gasteiger partial charge in [-0.25, -0.2) is 9.78 Å². The number of nitrogens with two attached hydrogens (primary N) is 1. The summed E-state index contributed by atoms with van der Waals surface area (Å²) in [6.45, 7) is 0.790. The molecule has 0 aliphatic carbocycles. The number of hydrogen-bond donors (Lipinski definition) is 3. The number of imidazole rings is 1. The highest BCUT2D eigenvalue weighted by molar-refractivity contribution is 9.10. The molecule has 0 aliphatic heterocycles. The van der Waals surface area contributed by atoms with Crippen LogP contribution in [0.3, 0.4) is 0 Å². The van der Waals surface area contributed by atoms with Crippen LogP contribution in [0.1, 0.15) is 20.8 Å². The number of hydrogen-bond acceptors (Lipinski definition) is 4. The highest BCUT2D eigenvalue weighted by atomic mass is 79.9. The topological polar surface area (TPSA) is 110 Å². The van der Waals surface area contributed by atoms with Gasteiger partial charge in [0.15, 0.2) is 5.69 Å². The molecule has 0 aliphatic rings. The maximum atomic E-state index is 11.9. The number of carbonyl (C=O) groups excluding carboxylic acids is 1. The molecule has 1 heterocycles. The van der Waals surface area contributed by atoms with Crippen LogP contribution in [0.4, 0.5) is 5.69 Å². The lowest BCUT2D eigenvalue weighted by Gasteiger charge is -2.07. The van der Waals surface area contributed by atoms with Crippen LogP contribution in [0, 0.1) is 0 Å². The number of amides is 1. The van der Waals surface area contributed by atoms with E-state index in [0.29, 0.717) is 28.8 Å². The number of nitrogen functional groups attached to an aromatic ring is 1. The van der Waals surface area contributed by atoms with Crippen molar-refractivity contribution in [3.05, 3.63) is 46.5 Å². The highest BCUT2D eigenvalue weighted by Gasteiger charge is 2.08. The zero-order valence-electron chi connectivity index (χ0n) is 10.9. The molecule has 1 amide bonds. The molecule has 7 nitrogen and oxygen atoms in total. The summed E-state index contributed by atoms with van der Waals surface area (Å²) in [5.41, 5.74) is 6.69. The molecule has 0 spiro atoms. The smallest absolute Gasteiger partial charge is 0.356 e. The second kappa shape index (κ2) is 6.40. The number of halogens is 1. The van der Waals surface area contributed by atoms with Gasteiger partial charge in [0, 0.05) is 35.0 Å². The molecule has 0 atom stereocenters. The van der Waals surface area contributed by atoms with E-state index < -0.39 is 5.97 Å². The molecule has 4 N–H and O–H groups in total. The van der Waals surface area contributed by atoms with E-state index in [2.05, 4.69) is 26.2 Å². The summed E-state index contributed by atoms with van der Waals surface area (Å²) in [4.78, 5) is 26.3. The molecule has 2 aromatic rings. The number of aromatic nitrogens is 2. The van der Waals surface area contributed by atoms with Gasteiger partial charge in [-0.1, -0.05) is 0 Å². The molecule has 1 aromatic carbocycles. The Morgan fingerprint density at radius 2 is 2.19 bits per heavy atom. The first-order chi connectivity index (χ1) is 9.97. The van der Waals surface area contributed by atoms with Crippen molar-refractivity contribution < 1.29 is 14.7 Å². The van der Waals surface area contributed by atoms with Crippen LogP contribution in [-0.2, 0) is 6.54 Å². The normalized spacial score (nSPS) is 10.3. The lowest BCUT2D eigenvalue weighted by molar-refractivity contribution is 0.0690. The van der Waals surface area contributed by atoms with Gasteiger partial charge in [0.25, 0.3) is 5.91 Å². The van der Waals surface area contributed by atoms with Gasteiger partial charge < -0.3 is 20.7 Å². The molecule has 0 radical (unpaired) electrons. The minimum atomic E-state index is -1.08. The van der Waals surface area contributed by atoms with Crippen molar-refractivity contribution in [1.29, 1.82) is 0 Å². The predicted octanol–water partition coefficient (Wildman–Crippen LogP) is 1.36. The Kier molecular flexibility index (Phi) is 4.59. The number of carbonyl (C=O) groups is 2. The van der Waals surface area contributed by atoms with Gasteiger partial charge in [-0.05, 0) is 34.1 Å². The summed E-state index contributed by atoms with van der Waals surface area (Å²) >= 11 is 3.26. The van der Waals surface area contributed by atoms with Crippen molar-refractivity contribution in [2.75, 3.05) is 12.3 Å². The first-order valence-electron chi connectivity index (χ1n) is 6.05. The van der Waals surface area contributed by atoms with Gasteiger partial charge >= 0.3 is 5.97 Å². The SMILES string of the molecule is Nc1ccc(C(=O)NCCn2cnc(C(=O)O)c2)cc1Br. The molecule has 0 fully saturated rings. The molecule has 110 valence electrons. The third-order valence-electron chi connectivity index (χ3n) is 2.77. The minimum Gasteiger partial charge on any atom is -0.476 e. The van der Waals surface area contributed by atoms with Gasteiger partial charge in [-0.15, -0.1) is 0 Å². The van der Waals surface area contributed by atoms with Crippen molar-refractivity contribution in [2.24, 2.45) is 0 Å². The van der Waals surface area contributed by atoms with Crippen LogP contribution in [0.25, 0.3) is 0 Å². The number of nitrogens with zero attached hydrogens (tertiary/aromatic N) is 2. The zero-order chi connectivity index (χ0) is 15.4. The van der Waals surface area contributed by atoms with E-state index in [1.165, 1.54) is 12.5 Å². The van der Waals surface area contributed by atoms with Gasteiger partial charge in [0.2, 0.25) is 0 Å². The van der Waals surface area contributed by atoms with Crippen LogP contribution >= 0.6 is 15.9 Å². The van der Waals surface area contributed by atoms with Crippen molar-refractivity contribution in [3.63, 3.8) is 0 Å². The predicted molar refractivity (Wildman–Crippen MR) is 80.1 cm³/mol. The van der Waals surface area contributed by atoms with Crippen LogP contribution in [0.15, 0.2) is 35.2 Å². The lowest BCUT2D eigenvalue weighted by atomic mass is 10.2. The Bertz CT molecular complexity index is 684. The molecule has 2 rings (SSSR count). The molecule has 0 saturated carbocycles. The largest absolute Gasteiger partial charge is 0.476 e.